The van der Waals surface area contributed by atoms with Crippen LogP contribution in [0.15, 0.2) is 18.0 Å². The molecule has 0 spiro atoms. The lowest BCUT2D eigenvalue weighted by Crippen LogP contribution is -2.45. The second-order valence-corrected chi connectivity index (χ2v) is 6.51. The summed E-state index contributed by atoms with van der Waals surface area (Å²) >= 11 is 0. The van der Waals surface area contributed by atoms with E-state index in [9.17, 15) is 5.11 Å². The van der Waals surface area contributed by atoms with Gasteiger partial charge in [0.2, 0.25) is 0 Å². The first-order valence-corrected chi connectivity index (χ1v) is 8.19. The molecule has 2 rings (SSSR count). The van der Waals surface area contributed by atoms with E-state index < -0.39 is 6.23 Å². The van der Waals surface area contributed by atoms with Crippen LogP contribution in [0, 0.1) is 5.92 Å². The summed E-state index contributed by atoms with van der Waals surface area (Å²) in [6.45, 7) is 4.77. The van der Waals surface area contributed by atoms with Crippen molar-refractivity contribution in [3.8, 4) is 0 Å². The van der Waals surface area contributed by atoms with Gasteiger partial charge in [-0.15, -0.1) is 5.73 Å². The van der Waals surface area contributed by atoms with Gasteiger partial charge >= 0.3 is 0 Å². The van der Waals surface area contributed by atoms with Crippen molar-refractivity contribution in [3.63, 3.8) is 0 Å². The maximum absolute atomic E-state index is 10.5. The van der Waals surface area contributed by atoms with Gasteiger partial charge in [0.1, 0.15) is 6.23 Å². The first-order chi connectivity index (χ1) is 10.1. The van der Waals surface area contributed by atoms with E-state index in [2.05, 4.69) is 22.9 Å². The largest absolute Gasteiger partial charge is 0.374 e. The van der Waals surface area contributed by atoms with Crippen molar-refractivity contribution in [2.75, 3.05) is 6.54 Å². The monoisotopic (exact) mass is 294 g/mol. The Kier molecular flexibility index (Phi) is 6.27. The molecule has 0 aromatic rings. The molecule has 21 heavy (non-hydrogen) atoms. The maximum atomic E-state index is 10.5. The number of nitrogens with two attached hydrogens (primary N) is 2. The van der Waals surface area contributed by atoms with Crippen LogP contribution in [0.2, 0.25) is 0 Å². The third kappa shape index (κ3) is 4.83. The Morgan fingerprint density at radius 1 is 1.19 bits per heavy atom. The Labute approximate surface area is 127 Å². The predicted octanol–water partition coefficient (Wildman–Crippen LogP) is 0.550. The minimum atomic E-state index is -0.602. The van der Waals surface area contributed by atoms with Crippen LogP contribution >= 0.6 is 0 Å². The van der Waals surface area contributed by atoms with Gasteiger partial charge in [-0.2, -0.15) is 0 Å². The van der Waals surface area contributed by atoms with Crippen molar-refractivity contribution in [1.82, 2.24) is 10.6 Å². The minimum absolute atomic E-state index is 0.0768. The standard InChI is InChI=1S/C16H30N4O/c1-2-14(15-5-3-4-8-19-15)20-16(21)11-6-7-12(17)10-13(18)9-11/h11-13,15-16,19-21H,1,3-10,17-18H2. The fourth-order valence-corrected chi connectivity index (χ4v) is 3.47. The Morgan fingerprint density at radius 3 is 2.67 bits per heavy atom. The molecule has 5 atom stereocenters. The fourth-order valence-electron chi connectivity index (χ4n) is 3.47. The van der Waals surface area contributed by atoms with E-state index in [1.807, 2.05) is 0 Å². The third-order valence-electron chi connectivity index (χ3n) is 4.72. The second-order valence-electron chi connectivity index (χ2n) is 6.51. The molecular formula is C16H30N4O. The topological polar surface area (TPSA) is 96.3 Å². The normalized spacial score (nSPS) is 35.4. The summed E-state index contributed by atoms with van der Waals surface area (Å²) in [5.41, 5.74) is 15.9. The first-order valence-electron chi connectivity index (χ1n) is 8.19. The number of piperidine rings is 1. The molecule has 120 valence electrons. The van der Waals surface area contributed by atoms with Crippen LogP contribution in [0.1, 0.15) is 44.9 Å². The second kappa shape index (κ2) is 7.97. The summed E-state index contributed by atoms with van der Waals surface area (Å²) in [4.78, 5) is 0. The molecule has 0 amide bonds. The Balaban J connectivity index is 1.92. The van der Waals surface area contributed by atoms with Crippen molar-refractivity contribution in [2.45, 2.75) is 69.3 Å². The molecule has 2 aliphatic rings. The van der Waals surface area contributed by atoms with Crippen LogP contribution in [0.25, 0.3) is 0 Å². The predicted molar refractivity (Wildman–Crippen MR) is 85.3 cm³/mol. The van der Waals surface area contributed by atoms with E-state index in [0.717, 1.165) is 44.3 Å². The number of rotatable bonds is 4. The van der Waals surface area contributed by atoms with Gasteiger partial charge in [0.15, 0.2) is 0 Å². The zero-order valence-corrected chi connectivity index (χ0v) is 12.9. The number of nitrogens with one attached hydrogen (secondary N) is 2. The van der Waals surface area contributed by atoms with E-state index >= 15 is 0 Å². The summed E-state index contributed by atoms with van der Waals surface area (Å²) in [5.74, 6) is 0.139. The van der Waals surface area contributed by atoms with Gasteiger partial charge in [0.05, 0.1) is 11.7 Å². The van der Waals surface area contributed by atoms with Gasteiger partial charge in [-0.05, 0) is 45.1 Å². The molecule has 0 bridgehead atoms. The molecule has 5 nitrogen and oxygen atoms in total. The highest BCUT2D eigenvalue weighted by Gasteiger charge is 2.28. The average Bonchev–Trinajstić information content (AvgIpc) is 2.66. The summed E-state index contributed by atoms with van der Waals surface area (Å²) in [5, 5.41) is 17.2. The number of aliphatic hydroxyl groups is 1. The van der Waals surface area contributed by atoms with Crippen LogP contribution in [-0.4, -0.2) is 36.0 Å². The fraction of sp³-hybridized carbons (Fsp3) is 0.812. The lowest BCUT2D eigenvalue weighted by atomic mass is 9.95. The lowest BCUT2D eigenvalue weighted by Gasteiger charge is -2.30. The Bertz CT molecular complexity index is 374. The first kappa shape index (κ1) is 16.5. The molecule has 2 fully saturated rings. The van der Waals surface area contributed by atoms with Gasteiger partial charge in [-0.1, -0.05) is 13.0 Å². The van der Waals surface area contributed by atoms with E-state index in [-0.39, 0.29) is 24.0 Å². The minimum Gasteiger partial charge on any atom is -0.374 e. The number of aliphatic hydroxyl groups excluding tert-OH is 1. The highest BCUT2D eigenvalue weighted by molar-refractivity contribution is 5.08. The summed E-state index contributed by atoms with van der Waals surface area (Å²) in [7, 11) is 0. The summed E-state index contributed by atoms with van der Waals surface area (Å²) < 4.78 is 0. The highest BCUT2D eigenvalue weighted by Crippen LogP contribution is 2.25. The molecule has 1 aliphatic heterocycles. The molecule has 5 unspecified atom stereocenters. The van der Waals surface area contributed by atoms with E-state index in [4.69, 9.17) is 11.5 Å². The van der Waals surface area contributed by atoms with E-state index in [1.54, 1.807) is 0 Å². The van der Waals surface area contributed by atoms with Gasteiger partial charge in [0, 0.05) is 18.0 Å². The Hall–Kier alpha value is -0.840. The molecule has 7 N–H and O–H groups in total. The van der Waals surface area contributed by atoms with Crippen molar-refractivity contribution in [2.24, 2.45) is 17.4 Å². The zero-order valence-electron chi connectivity index (χ0n) is 12.9. The molecule has 0 aromatic heterocycles. The molecule has 0 radical (unpaired) electrons. The van der Waals surface area contributed by atoms with Gasteiger partial charge in [-0.25, -0.2) is 0 Å². The maximum Gasteiger partial charge on any atom is 0.127 e. The van der Waals surface area contributed by atoms with E-state index in [1.165, 1.54) is 12.8 Å². The van der Waals surface area contributed by atoms with E-state index in [0.29, 0.717) is 0 Å². The van der Waals surface area contributed by atoms with Crippen LogP contribution in [0.4, 0.5) is 0 Å². The van der Waals surface area contributed by atoms with Crippen LogP contribution in [0.3, 0.4) is 0 Å². The van der Waals surface area contributed by atoms with Crippen molar-refractivity contribution in [1.29, 1.82) is 0 Å². The van der Waals surface area contributed by atoms with Gasteiger partial charge in [-0.3, -0.25) is 0 Å². The SMILES string of the molecule is C=C=C(NC(O)C1CCC(N)CC(N)C1)C1CCCCN1. The Morgan fingerprint density at radius 2 is 2.00 bits per heavy atom. The van der Waals surface area contributed by atoms with Gasteiger partial charge < -0.3 is 27.2 Å². The van der Waals surface area contributed by atoms with Crippen LogP contribution in [0.5, 0.6) is 0 Å². The molecule has 0 aromatic carbocycles. The summed E-state index contributed by atoms with van der Waals surface area (Å²) in [6, 6.07) is 0.465. The third-order valence-corrected chi connectivity index (χ3v) is 4.72. The number of hydrogen-bond donors (Lipinski definition) is 5. The number of hydrogen-bond acceptors (Lipinski definition) is 5. The molecular weight excluding hydrogens is 264 g/mol. The van der Waals surface area contributed by atoms with Crippen LogP contribution < -0.4 is 22.1 Å². The van der Waals surface area contributed by atoms with Gasteiger partial charge in [0.25, 0.3) is 0 Å². The smallest absolute Gasteiger partial charge is 0.127 e. The quantitative estimate of drug-likeness (QED) is 0.296. The summed E-state index contributed by atoms with van der Waals surface area (Å²) in [6.07, 6.45) is 6.35. The molecule has 1 aliphatic carbocycles. The van der Waals surface area contributed by atoms with Crippen molar-refractivity contribution in [3.05, 3.63) is 18.0 Å². The molecule has 1 saturated heterocycles. The zero-order chi connectivity index (χ0) is 15.2. The van der Waals surface area contributed by atoms with Crippen molar-refractivity contribution >= 4 is 0 Å². The van der Waals surface area contributed by atoms with Crippen LogP contribution in [-0.2, 0) is 0 Å². The molecule has 1 heterocycles. The molecule has 5 heteroatoms. The van der Waals surface area contributed by atoms with Crippen molar-refractivity contribution < 1.29 is 5.11 Å². The average molecular weight is 294 g/mol. The lowest BCUT2D eigenvalue weighted by molar-refractivity contribution is 0.0712. The molecule has 1 saturated carbocycles. The highest BCUT2D eigenvalue weighted by atomic mass is 16.3.